The van der Waals surface area contributed by atoms with Crippen molar-refractivity contribution in [3.63, 3.8) is 0 Å². The molecule has 3 N–H and O–H groups in total. The van der Waals surface area contributed by atoms with E-state index in [0.29, 0.717) is 16.8 Å². The minimum Gasteiger partial charge on any atom is -0.369 e. The smallest absolute Gasteiger partial charge is 0.369 e. The maximum absolute atomic E-state index is 14.1. The number of fused-ring (bicyclic) bond motifs is 3. The Labute approximate surface area is 223 Å². The van der Waals surface area contributed by atoms with Crippen molar-refractivity contribution in [3.8, 4) is 0 Å². The van der Waals surface area contributed by atoms with Crippen LogP contribution in [0.2, 0.25) is 5.02 Å². The van der Waals surface area contributed by atoms with Gasteiger partial charge in [0.05, 0.1) is 22.7 Å². The van der Waals surface area contributed by atoms with Crippen LogP contribution in [-0.2, 0) is 12.7 Å². The van der Waals surface area contributed by atoms with Gasteiger partial charge in [-0.25, -0.2) is 13.5 Å². The molecule has 0 saturated heterocycles. The number of nitrogens with one attached hydrogen (secondary N) is 2. The lowest BCUT2D eigenvalue weighted by Crippen LogP contribution is -2.21. The SMILES string of the molecule is O=C1NC(c2cc(F)ccc2Cl)c2c(NC(O)c3cc(F)cc(C(F)(F)F)c3)cc3c(nnn3CC(F)(F)F)c21. The third kappa shape index (κ3) is 5.13. The molecule has 0 bridgehead atoms. The van der Waals surface area contributed by atoms with Crippen LogP contribution in [0.15, 0.2) is 42.5 Å². The van der Waals surface area contributed by atoms with Gasteiger partial charge in [0.25, 0.3) is 5.91 Å². The molecule has 210 valence electrons. The van der Waals surface area contributed by atoms with Gasteiger partial charge in [-0.1, -0.05) is 16.8 Å². The van der Waals surface area contributed by atoms with Gasteiger partial charge in [-0.2, -0.15) is 26.3 Å². The lowest BCUT2D eigenvalue weighted by Gasteiger charge is -2.22. The molecule has 3 aromatic carbocycles. The molecule has 1 aliphatic rings. The summed E-state index contributed by atoms with van der Waals surface area (Å²) in [5.74, 6) is -2.92. The van der Waals surface area contributed by atoms with Gasteiger partial charge in [0.1, 0.15) is 23.7 Å². The van der Waals surface area contributed by atoms with E-state index in [0.717, 1.165) is 18.2 Å². The van der Waals surface area contributed by atoms with Crippen LogP contribution in [0, 0.1) is 11.6 Å². The van der Waals surface area contributed by atoms with Crippen LogP contribution in [0.25, 0.3) is 11.0 Å². The Kier molecular flexibility index (Phi) is 6.61. The molecule has 4 aromatic rings. The third-order valence-electron chi connectivity index (χ3n) is 6.10. The first-order valence-corrected chi connectivity index (χ1v) is 11.5. The second-order valence-electron chi connectivity index (χ2n) is 8.83. The summed E-state index contributed by atoms with van der Waals surface area (Å²) < 4.78 is 108. The molecule has 0 saturated carbocycles. The highest BCUT2D eigenvalue weighted by Crippen LogP contribution is 2.43. The maximum atomic E-state index is 14.1. The van der Waals surface area contributed by atoms with E-state index in [-0.39, 0.29) is 44.5 Å². The van der Waals surface area contributed by atoms with Crippen LogP contribution >= 0.6 is 11.6 Å². The zero-order chi connectivity index (χ0) is 29.1. The van der Waals surface area contributed by atoms with Gasteiger partial charge < -0.3 is 15.7 Å². The number of anilines is 1. The van der Waals surface area contributed by atoms with E-state index in [9.17, 15) is 45.0 Å². The number of rotatable bonds is 5. The van der Waals surface area contributed by atoms with Gasteiger partial charge in [-0.05, 0) is 42.5 Å². The summed E-state index contributed by atoms with van der Waals surface area (Å²) in [5.41, 5.74) is -3.16. The normalized spacial score (nSPS) is 16.2. The molecule has 0 radical (unpaired) electrons. The highest BCUT2D eigenvalue weighted by atomic mass is 35.5. The molecule has 1 aliphatic heterocycles. The minimum atomic E-state index is -4.96. The number of aliphatic hydroxyl groups is 1. The molecule has 0 fully saturated rings. The lowest BCUT2D eigenvalue weighted by molar-refractivity contribution is -0.142. The molecule has 5 rings (SSSR count). The van der Waals surface area contributed by atoms with Gasteiger partial charge in [0, 0.05) is 27.4 Å². The number of benzene rings is 3. The number of halogens is 9. The van der Waals surface area contributed by atoms with Crippen LogP contribution < -0.4 is 10.6 Å². The average molecular weight is 592 g/mol. The van der Waals surface area contributed by atoms with Crippen molar-refractivity contribution in [1.29, 1.82) is 0 Å². The minimum absolute atomic E-state index is 0.00757. The van der Waals surface area contributed by atoms with Crippen molar-refractivity contribution in [3.05, 3.63) is 86.9 Å². The number of nitrogens with zero attached hydrogens (tertiary/aromatic N) is 3. The van der Waals surface area contributed by atoms with Crippen LogP contribution in [0.4, 0.5) is 40.8 Å². The Morgan fingerprint density at radius 3 is 2.45 bits per heavy atom. The summed E-state index contributed by atoms with van der Waals surface area (Å²) in [6.45, 7) is -1.61. The van der Waals surface area contributed by atoms with Gasteiger partial charge in [-0.3, -0.25) is 4.79 Å². The number of aromatic nitrogens is 3. The maximum Gasteiger partial charge on any atom is 0.416 e. The molecule has 0 aliphatic carbocycles. The fraction of sp³-hybridized carbons (Fsp3) is 0.208. The highest BCUT2D eigenvalue weighted by molar-refractivity contribution is 6.31. The van der Waals surface area contributed by atoms with Crippen LogP contribution in [0.5, 0.6) is 0 Å². The summed E-state index contributed by atoms with van der Waals surface area (Å²) in [6, 6.07) is 4.35. The Morgan fingerprint density at radius 1 is 1.05 bits per heavy atom. The molecule has 2 heterocycles. The standard InChI is InChI=1S/C24H14ClF8N5O2/c25-14-2-1-11(26)6-13(14)19-17-15(34-21(39)9-3-10(24(31,32)33)5-12(27)4-9)7-16-20(18(17)22(40)35-19)36-37-38(16)8-23(28,29)30/h1-7,19,21,34,39H,8H2,(H,35,40). The predicted octanol–water partition coefficient (Wildman–Crippen LogP) is 5.88. The summed E-state index contributed by atoms with van der Waals surface area (Å²) >= 11 is 6.22. The fourth-order valence-corrected chi connectivity index (χ4v) is 4.69. The van der Waals surface area contributed by atoms with Crippen LogP contribution in [0.1, 0.15) is 44.9 Å². The van der Waals surface area contributed by atoms with E-state index >= 15 is 0 Å². The molecule has 0 spiro atoms. The van der Waals surface area contributed by atoms with Crippen molar-refractivity contribution >= 4 is 34.2 Å². The van der Waals surface area contributed by atoms with Crippen LogP contribution in [-0.4, -0.2) is 32.2 Å². The molecule has 16 heteroatoms. The Hall–Kier alpha value is -3.98. The van der Waals surface area contributed by atoms with Crippen molar-refractivity contribution < 1.29 is 45.0 Å². The van der Waals surface area contributed by atoms with Crippen LogP contribution in [0.3, 0.4) is 0 Å². The van der Waals surface area contributed by atoms with Crippen molar-refractivity contribution in [2.75, 3.05) is 5.32 Å². The predicted molar refractivity (Wildman–Crippen MR) is 124 cm³/mol. The number of carbonyl (C=O) groups is 1. The van der Waals surface area contributed by atoms with E-state index < -0.39 is 59.8 Å². The third-order valence-corrected chi connectivity index (χ3v) is 6.44. The van der Waals surface area contributed by atoms with E-state index in [2.05, 4.69) is 20.9 Å². The van der Waals surface area contributed by atoms with Crippen molar-refractivity contribution in [1.82, 2.24) is 20.3 Å². The zero-order valence-corrected chi connectivity index (χ0v) is 20.3. The molecule has 1 aromatic heterocycles. The number of carbonyl (C=O) groups excluding carboxylic acids is 1. The second kappa shape index (κ2) is 9.59. The molecule has 7 nitrogen and oxygen atoms in total. The largest absolute Gasteiger partial charge is 0.416 e. The number of alkyl halides is 6. The second-order valence-corrected chi connectivity index (χ2v) is 9.24. The van der Waals surface area contributed by atoms with E-state index in [1.165, 1.54) is 6.07 Å². The highest BCUT2D eigenvalue weighted by Gasteiger charge is 2.39. The Balaban J connectivity index is 1.70. The monoisotopic (exact) mass is 591 g/mol. The lowest BCUT2D eigenvalue weighted by atomic mass is 9.95. The quantitative estimate of drug-likeness (QED) is 0.199. The first-order valence-electron chi connectivity index (χ1n) is 11.2. The van der Waals surface area contributed by atoms with Gasteiger partial charge >= 0.3 is 12.4 Å². The first-order chi connectivity index (χ1) is 18.6. The number of hydrogen-bond donors (Lipinski definition) is 3. The van der Waals surface area contributed by atoms with Crippen molar-refractivity contribution in [2.24, 2.45) is 0 Å². The Morgan fingerprint density at radius 2 is 1.77 bits per heavy atom. The molecule has 40 heavy (non-hydrogen) atoms. The molecular weight excluding hydrogens is 578 g/mol. The zero-order valence-electron chi connectivity index (χ0n) is 19.5. The van der Waals surface area contributed by atoms with Gasteiger partial charge in [0.2, 0.25) is 0 Å². The molecule has 2 unspecified atom stereocenters. The average Bonchev–Trinajstić information content (AvgIpc) is 3.39. The summed E-state index contributed by atoms with van der Waals surface area (Å²) in [7, 11) is 0. The van der Waals surface area contributed by atoms with E-state index in [1.807, 2.05) is 0 Å². The first kappa shape index (κ1) is 27.6. The van der Waals surface area contributed by atoms with Gasteiger partial charge in [0.15, 0.2) is 6.23 Å². The topological polar surface area (TPSA) is 92.1 Å². The fourth-order valence-electron chi connectivity index (χ4n) is 4.46. The summed E-state index contributed by atoms with van der Waals surface area (Å²) in [5, 5.41) is 22.9. The number of aliphatic hydroxyl groups excluding tert-OH is 1. The van der Waals surface area contributed by atoms with E-state index in [4.69, 9.17) is 11.6 Å². The number of amides is 1. The summed E-state index contributed by atoms with van der Waals surface area (Å²) in [4.78, 5) is 13.0. The Bertz CT molecular complexity index is 1650. The molecule has 1 amide bonds. The molecular formula is C24H14ClF8N5O2. The van der Waals surface area contributed by atoms with Crippen molar-refractivity contribution in [2.45, 2.75) is 31.2 Å². The van der Waals surface area contributed by atoms with E-state index in [1.54, 1.807) is 0 Å². The number of hydrogen-bond acceptors (Lipinski definition) is 5. The summed E-state index contributed by atoms with van der Waals surface area (Å²) in [6.07, 6.45) is -11.8. The molecule has 2 atom stereocenters. The van der Waals surface area contributed by atoms with Gasteiger partial charge in [-0.15, -0.1) is 5.10 Å².